The maximum absolute atomic E-state index is 5.96. The van der Waals surface area contributed by atoms with Crippen LogP contribution in [0.4, 0.5) is 5.69 Å². The summed E-state index contributed by atoms with van der Waals surface area (Å²) in [6, 6.07) is 5.75. The molecule has 0 radical (unpaired) electrons. The van der Waals surface area contributed by atoms with Gasteiger partial charge in [0.25, 0.3) is 0 Å². The Morgan fingerprint density at radius 1 is 1.29 bits per heavy atom. The van der Waals surface area contributed by atoms with Crippen LogP contribution in [-0.2, 0) is 0 Å². The van der Waals surface area contributed by atoms with Crippen LogP contribution in [0.3, 0.4) is 0 Å². The fourth-order valence-electron chi connectivity index (χ4n) is 2.35. The fourth-order valence-corrected chi connectivity index (χ4v) is 2.47. The Bertz CT molecular complexity index is 581. The van der Waals surface area contributed by atoms with E-state index in [1.165, 1.54) is 25.7 Å². The summed E-state index contributed by atoms with van der Waals surface area (Å²) in [7, 11) is 0. The van der Waals surface area contributed by atoms with Crippen molar-refractivity contribution in [2.75, 3.05) is 5.73 Å². The Morgan fingerprint density at radius 3 is 2.81 bits per heavy atom. The minimum absolute atomic E-state index is 0.267. The minimum Gasteiger partial charge on any atom is -0.398 e. The van der Waals surface area contributed by atoms with Gasteiger partial charge in [0.05, 0.1) is 16.8 Å². The molecule has 6 heteroatoms. The molecule has 2 aromatic rings. The number of aromatic nitrogens is 4. The van der Waals surface area contributed by atoms with Gasteiger partial charge in [-0.05, 0) is 42.0 Å². The first kappa shape index (κ1) is 15.8. The third-order valence-corrected chi connectivity index (χ3v) is 3.98. The summed E-state index contributed by atoms with van der Waals surface area (Å²) in [5, 5.41) is 12.6. The smallest absolute Gasteiger partial charge is 0.182 e. The summed E-state index contributed by atoms with van der Waals surface area (Å²) in [5.74, 6) is 0.737. The first-order valence-electron chi connectivity index (χ1n) is 7.46. The van der Waals surface area contributed by atoms with E-state index < -0.39 is 0 Å². The van der Waals surface area contributed by atoms with Gasteiger partial charge in [0, 0.05) is 5.56 Å². The highest BCUT2D eigenvalue weighted by Gasteiger charge is 2.15. The van der Waals surface area contributed by atoms with Gasteiger partial charge in [0.1, 0.15) is 0 Å². The Morgan fingerprint density at radius 2 is 2.10 bits per heavy atom. The Labute approximate surface area is 130 Å². The second-order valence-corrected chi connectivity index (χ2v) is 5.79. The van der Waals surface area contributed by atoms with Gasteiger partial charge < -0.3 is 5.73 Å². The van der Waals surface area contributed by atoms with Crippen molar-refractivity contribution in [3.05, 3.63) is 23.2 Å². The molecule has 21 heavy (non-hydrogen) atoms. The maximum atomic E-state index is 5.96. The number of halogens is 1. The second-order valence-electron chi connectivity index (χ2n) is 5.38. The molecule has 5 nitrogen and oxygen atoms in total. The lowest BCUT2D eigenvalue weighted by atomic mass is 10.1. The van der Waals surface area contributed by atoms with Gasteiger partial charge in [-0.3, -0.25) is 0 Å². The zero-order valence-corrected chi connectivity index (χ0v) is 13.3. The number of nitrogen functional groups attached to an aromatic ring is 1. The monoisotopic (exact) mass is 307 g/mol. The van der Waals surface area contributed by atoms with Crippen LogP contribution in [0.15, 0.2) is 18.2 Å². The molecule has 0 spiro atoms. The molecule has 1 unspecified atom stereocenters. The Hall–Kier alpha value is -1.62. The van der Waals surface area contributed by atoms with Gasteiger partial charge in [-0.2, -0.15) is 0 Å². The van der Waals surface area contributed by atoms with Gasteiger partial charge >= 0.3 is 0 Å². The van der Waals surface area contributed by atoms with Crippen molar-refractivity contribution in [1.82, 2.24) is 20.2 Å². The van der Waals surface area contributed by atoms with E-state index in [9.17, 15) is 0 Å². The second kappa shape index (κ2) is 7.41. The van der Waals surface area contributed by atoms with Crippen molar-refractivity contribution in [2.24, 2.45) is 0 Å². The molecule has 0 fully saturated rings. The summed E-state index contributed by atoms with van der Waals surface area (Å²) in [6.07, 6.45) is 6.04. The number of tetrazole rings is 1. The third-order valence-electron chi connectivity index (χ3n) is 3.64. The number of hydrogen-bond donors (Lipinski definition) is 1. The maximum Gasteiger partial charge on any atom is 0.182 e. The van der Waals surface area contributed by atoms with Crippen molar-refractivity contribution in [2.45, 2.75) is 52.0 Å². The highest BCUT2D eigenvalue weighted by Crippen LogP contribution is 2.27. The van der Waals surface area contributed by atoms with Gasteiger partial charge in [-0.1, -0.05) is 44.2 Å². The van der Waals surface area contributed by atoms with Gasteiger partial charge in [-0.25, -0.2) is 4.68 Å². The molecule has 0 amide bonds. The number of nitrogens with two attached hydrogens (primary N) is 1. The van der Waals surface area contributed by atoms with E-state index in [1.807, 2.05) is 16.8 Å². The van der Waals surface area contributed by atoms with Crippen LogP contribution < -0.4 is 5.73 Å². The number of benzene rings is 1. The van der Waals surface area contributed by atoms with E-state index in [0.717, 1.165) is 17.8 Å². The molecule has 0 saturated heterocycles. The van der Waals surface area contributed by atoms with Crippen molar-refractivity contribution in [1.29, 1.82) is 0 Å². The summed E-state index contributed by atoms with van der Waals surface area (Å²) in [4.78, 5) is 0. The lowest BCUT2D eigenvalue weighted by Gasteiger charge is -2.13. The van der Waals surface area contributed by atoms with Crippen LogP contribution in [0.5, 0.6) is 0 Å². The fraction of sp³-hybridized carbons (Fsp3) is 0.533. The summed E-state index contributed by atoms with van der Waals surface area (Å²) in [6.45, 7) is 4.36. The molecule has 1 atom stereocenters. The van der Waals surface area contributed by atoms with E-state index in [-0.39, 0.29) is 6.04 Å². The molecular formula is C15H22ClN5. The average Bonchev–Trinajstić information content (AvgIpc) is 2.96. The van der Waals surface area contributed by atoms with Gasteiger partial charge in [0.15, 0.2) is 5.82 Å². The summed E-state index contributed by atoms with van der Waals surface area (Å²) < 4.78 is 1.87. The van der Waals surface area contributed by atoms with Gasteiger partial charge in [-0.15, -0.1) is 5.10 Å². The van der Waals surface area contributed by atoms with E-state index in [1.54, 1.807) is 6.07 Å². The zero-order chi connectivity index (χ0) is 15.2. The van der Waals surface area contributed by atoms with Crippen LogP contribution in [-0.4, -0.2) is 20.2 Å². The molecule has 0 aliphatic heterocycles. The highest BCUT2D eigenvalue weighted by molar-refractivity contribution is 6.33. The largest absolute Gasteiger partial charge is 0.398 e. The van der Waals surface area contributed by atoms with Crippen molar-refractivity contribution < 1.29 is 0 Å². The number of nitrogens with zero attached hydrogens (tertiary/aromatic N) is 4. The van der Waals surface area contributed by atoms with E-state index in [0.29, 0.717) is 10.7 Å². The lowest BCUT2D eigenvalue weighted by molar-refractivity contribution is 0.430. The number of anilines is 1. The minimum atomic E-state index is 0.267. The molecule has 2 N–H and O–H groups in total. The van der Waals surface area contributed by atoms with E-state index >= 15 is 0 Å². The van der Waals surface area contributed by atoms with Crippen LogP contribution in [0, 0.1) is 0 Å². The molecule has 0 bridgehead atoms. The molecule has 0 aliphatic rings. The van der Waals surface area contributed by atoms with Gasteiger partial charge in [0.2, 0.25) is 0 Å². The van der Waals surface area contributed by atoms with Crippen molar-refractivity contribution in [3.8, 4) is 11.4 Å². The Kier molecular flexibility index (Phi) is 5.56. The van der Waals surface area contributed by atoms with Crippen molar-refractivity contribution in [3.63, 3.8) is 0 Å². The number of unbranched alkanes of at least 4 members (excludes halogenated alkanes) is 3. The molecular weight excluding hydrogens is 286 g/mol. The molecule has 1 aromatic carbocycles. The van der Waals surface area contributed by atoms with Crippen LogP contribution in [0.25, 0.3) is 11.4 Å². The normalized spacial score (nSPS) is 12.5. The first-order chi connectivity index (χ1) is 10.1. The van der Waals surface area contributed by atoms with Crippen LogP contribution >= 0.6 is 11.6 Å². The van der Waals surface area contributed by atoms with E-state index in [2.05, 4.69) is 29.4 Å². The van der Waals surface area contributed by atoms with E-state index in [4.69, 9.17) is 17.3 Å². The first-order valence-corrected chi connectivity index (χ1v) is 7.84. The molecule has 0 aliphatic carbocycles. The lowest BCUT2D eigenvalue weighted by Crippen LogP contribution is -2.09. The molecule has 1 heterocycles. The molecule has 114 valence electrons. The number of hydrogen-bond acceptors (Lipinski definition) is 4. The summed E-state index contributed by atoms with van der Waals surface area (Å²) >= 11 is 5.96. The molecule has 0 saturated carbocycles. The standard InChI is InChI=1S/C15H22ClN5/c1-3-4-5-6-7-11(2)21-15(18-19-20-21)12-8-9-13(16)14(17)10-12/h8-11H,3-7,17H2,1-2H3. The average molecular weight is 308 g/mol. The van der Waals surface area contributed by atoms with Crippen molar-refractivity contribution >= 4 is 17.3 Å². The highest BCUT2D eigenvalue weighted by atomic mass is 35.5. The zero-order valence-electron chi connectivity index (χ0n) is 12.6. The molecule has 1 aromatic heterocycles. The SMILES string of the molecule is CCCCCCC(C)n1nnnc1-c1ccc(Cl)c(N)c1. The number of rotatable bonds is 7. The Balaban J connectivity index is 2.12. The summed E-state index contributed by atoms with van der Waals surface area (Å²) in [5.41, 5.74) is 7.29. The van der Waals surface area contributed by atoms with Crippen LogP contribution in [0.2, 0.25) is 5.02 Å². The topological polar surface area (TPSA) is 69.6 Å². The molecule has 2 rings (SSSR count). The predicted molar refractivity (Wildman–Crippen MR) is 86.1 cm³/mol. The van der Waals surface area contributed by atoms with Crippen LogP contribution in [0.1, 0.15) is 52.0 Å². The third kappa shape index (κ3) is 3.94. The predicted octanol–water partition coefficient (Wildman–Crippen LogP) is 4.11. The quantitative estimate of drug-likeness (QED) is 0.617.